The number of hydrogen-bond donors (Lipinski definition) is 0. The molecule has 0 aliphatic rings. The molecular formula is C17H21NO2S. The summed E-state index contributed by atoms with van der Waals surface area (Å²) in [7, 11) is 0. The average Bonchev–Trinajstić information content (AvgIpc) is 2.81. The normalized spacial score (nSPS) is 11.4. The van der Waals surface area contributed by atoms with E-state index in [9.17, 15) is 4.79 Å². The van der Waals surface area contributed by atoms with Gasteiger partial charge in [0, 0.05) is 5.38 Å². The summed E-state index contributed by atoms with van der Waals surface area (Å²) in [4.78, 5) is 16.0. The Kier molecular flexibility index (Phi) is 4.78. The second-order valence-electron chi connectivity index (χ2n) is 6.14. The summed E-state index contributed by atoms with van der Waals surface area (Å²) in [5.74, 6) is -0.236. The third-order valence-corrected chi connectivity index (χ3v) is 4.03. The van der Waals surface area contributed by atoms with Crippen LogP contribution >= 0.6 is 11.3 Å². The van der Waals surface area contributed by atoms with Crippen molar-refractivity contribution in [3.8, 4) is 0 Å². The van der Waals surface area contributed by atoms with Crippen LogP contribution in [0.3, 0.4) is 0 Å². The van der Waals surface area contributed by atoms with E-state index in [0.29, 0.717) is 6.61 Å². The Morgan fingerprint density at radius 3 is 2.43 bits per heavy atom. The summed E-state index contributed by atoms with van der Waals surface area (Å²) < 4.78 is 5.29. The van der Waals surface area contributed by atoms with Crippen LogP contribution in [0, 0.1) is 6.92 Å². The lowest BCUT2D eigenvalue weighted by molar-refractivity contribution is -0.144. The van der Waals surface area contributed by atoms with E-state index in [1.807, 2.05) is 24.4 Å². The van der Waals surface area contributed by atoms with Crippen molar-refractivity contribution in [2.45, 2.75) is 46.1 Å². The molecule has 0 saturated heterocycles. The molecule has 4 heteroatoms. The van der Waals surface area contributed by atoms with E-state index in [0.717, 1.165) is 16.3 Å². The maximum Gasteiger partial charge on any atom is 0.312 e. The van der Waals surface area contributed by atoms with Gasteiger partial charge in [-0.25, -0.2) is 4.98 Å². The molecule has 0 aliphatic heterocycles. The molecule has 1 aromatic carbocycles. The first-order valence-corrected chi connectivity index (χ1v) is 7.88. The van der Waals surface area contributed by atoms with Crippen LogP contribution < -0.4 is 0 Å². The molecule has 0 saturated carbocycles. The number of esters is 1. The fourth-order valence-corrected chi connectivity index (χ4v) is 2.57. The summed E-state index contributed by atoms with van der Waals surface area (Å²) in [6.45, 7) is 8.77. The lowest BCUT2D eigenvalue weighted by Crippen LogP contribution is -2.11. The molecule has 0 bridgehead atoms. The van der Waals surface area contributed by atoms with E-state index in [1.165, 1.54) is 5.56 Å². The molecule has 112 valence electrons. The van der Waals surface area contributed by atoms with Gasteiger partial charge in [0.1, 0.15) is 6.61 Å². The molecule has 0 atom stereocenters. The minimum atomic E-state index is -0.236. The lowest BCUT2D eigenvalue weighted by atomic mass is 9.87. The topological polar surface area (TPSA) is 39.2 Å². The lowest BCUT2D eigenvalue weighted by Gasteiger charge is -2.19. The van der Waals surface area contributed by atoms with E-state index in [-0.39, 0.29) is 17.8 Å². The van der Waals surface area contributed by atoms with Gasteiger partial charge in [0.05, 0.1) is 17.1 Å². The van der Waals surface area contributed by atoms with Crippen LogP contribution in [0.25, 0.3) is 0 Å². The van der Waals surface area contributed by atoms with E-state index in [4.69, 9.17) is 4.74 Å². The molecule has 0 fully saturated rings. The fraction of sp³-hybridized carbons (Fsp3) is 0.412. The summed E-state index contributed by atoms with van der Waals surface area (Å²) in [6, 6.07) is 8.21. The van der Waals surface area contributed by atoms with Gasteiger partial charge < -0.3 is 4.74 Å². The highest BCUT2D eigenvalue weighted by molar-refractivity contribution is 7.09. The second-order valence-corrected chi connectivity index (χ2v) is 7.20. The van der Waals surface area contributed by atoms with Crippen molar-refractivity contribution in [1.29, 1.82) is 0 Å². The quantitative estimate of drug-likeness (QED) is 0.800. The van der Waals surface area contributed by atoms with Crippen LogP contribution in [0.1, 0.15) is 42.6 Å². The molecule has 2 rings (SSSR count). The summed E-state index contributed by atoms with van der Waals surface area (Å²) in [6.07, 6.45) is 0.240. The number of rotatable bonds is 4. The van der Waals surface area contributed by atoms with Crippen LogP contribution in [0.4, 0.5) is 0 Å². The zero-order chi connectivity index (χ0) is 15.5. The van der Waals surface area contributed by atoms with Crippen molar-refractivity contribution < 1.29 is 9.53 Å². The number of thiazole rings is 1. The first-order valence-electron chi connectivity index (χ1n) is 7.00. The number of carbonyl (C=O) groups excluding carboxylic acids is 1. The predicted molar refractivity (Wildman–Crippen MR) is 85.5 cm³/mol. The van der Waals surface area contributed by atoms with Crippen molar-refractivity contribution in [1.82, 2.24) is 4.98 Å². The highest BCUT2D eigenvalue weighted by atomic mass is 32.1. The Morgan fingerprint density at radius 1 is 1.24 bits per heavy atom. The van der Waals surface area contributed by atoms with Gasteiger partial charge in [-0.3, -0.25) is 4.79 Å². The Labute approximate surface area is 130 Å². The first-order chi connectivity index (χ1) is 9.84. The van der Waals surface area contributed by atoms with Crippen LogP contribution in [-0.4, -0.2) is 11.0 Å². The second kappa shape index (κ2) is 6.39. The third kappa shape index (κ3) is 4.67. The summed E-state index contributed by atoms with van der Waals surface area (Å²) >= 11 is 1.55. The number of aromatic nitrogens is 1. The zero-order valence-electron chi connectivity index (χ0n) is 13.0. The number of carbonyl (C=O) groups is 1. The molecule has 0 N–H and O–H groups in total. The molecule has 0 aliphatic carbocycles. The van der Waals surface area contributed by atoms with Crippen LogP contribution in [0.5, 0.6) is 0 Å². The highest BCUT2D eigenvalue weighted by Crippen LogP contribution is 2.22. The number of ether oxygens (including phenoxy) is 1. The van der Waals surface area contributed by atoms with Crippen LogP contribution in [0.15, 0.2) is 29.6 Å². The molecule has 1 aromatic heterocycles. The van der Waals surface area contributed by atoms with E-state index >= 15 is 0 Å². The van der Waals surface area contributed by atoms with Crippen molar-refractivity contribution in [3.05, 3.63) is 51.5 Å². The number of nitrogens with zero attached hydrogens (tertiary/aromatic N) is 1. The number of hydrogen-bond acceptors (Lipinski definition) is 4. The molecule has 0 amide bonds. The van der Waals surface area contributed by atoms with Crippen molar-refractivity contribution in [3.63, 3.8) is 0 Å². The van der Waals surface area contributed by atoms with Crippen LogP contribution in [0.2, 0.25) is 0 Å². The zero-order valence-corrected chi connectivity index (χ0v) is 13.8. The highest BCUT2D eigenvalue weighted by Gasteiger charge is 2.13. The third-order valence-electron chi connectivity index (χ3n) is 3.21. The van der Waals surface area contributed by atoms with Crippen molar-refractivity contribution in [2.75, 3.05) is 0 Å². The Balaban J connectivity index is 1.86. The minimum absolute atomic E-state index is 0.137. The van der Waals surface area contributed by atoms with Gasteiger partial charge in [-0.1, -0.05) is 45.0 Å². The van der Waals surface area contributed by atoms with Crippen LogP contribution in [-0.2, 0) is 28.0 Å². The molecular weight excluding hydrogens is 282 g/mol. The van der Waals surface area contributed by atoms with Gasteiger partial charge >= 0.3 is 5.97 Å². The molecule has 3 nitrogen and oxygen atoms in total. The Morgan fingerprint density at radius 2 is 1.90 bits per heavy atom. The SMILES string of the molecule is Cc1nc(CC(=O)OCc2ccc(C(C)(C)C)cc2)cs1. The minimum Gasteiger partial charge on any atom is -0.461 e. The molecule has 0 radical (unpaired) electrons. The monoisotopic (exact) mass is 303 g/mol. The van der Waals surface area contributed by atoms with E-state index < -0.39 is 0 Å². The van der Waals surface area contributed by atoms with Gasteiger partial charge in [0.25, 0.3) is 0 Å². The number of aryl methyl sites for hydroxylation is 1. The Hall–Kier alpha value is -1.68. The Bertz CT molecular complexity index is 608. The molecule has 0 spiro atoms. The van der Waals surface area contributed by atoms with E-state index in [1.54, 1.807) is 11.3 Å². The van der Waals surface area contributed by atoms with Gasteiger partial charge in [-0.2, -0.15) is 0 Å². The largest absolute Gasteiger partial charge is 0.461 e. The van der Waals surface area contributed by atoms with E-state index in [2.05, 4.69) is 37.9 Å². The van der Waals surface area contributed by atoms with Gasteiger partial charge in [-0.15, -0.1) is 11.3 Å². The van der Waals surface area contributed by atoms with Gasteiger partial charge in [0.15, 0.2) is 0 Å². The molecule has 1 heterocycles. The van der Waals surface area contributed by atoms with Crippen molar-refractivity contribution in [2.24, 2.45) is 0 Å². The first kappa shape index (κ1) is 15.7. The molecule has 2 aromatic rings. The summed E-state index contributed by atoms with van der Waals surface area (Å²) in [5, 5.41) is 2.87. The smallest absolute Gasteiger partial charge is 0.312 e. The molecule has 0 unspecified atom stereocenters. The average molecular weight is 303 g/mol. The maximum atomic E-state index is 11.8. The van der Waals surface area contributed by atoms with Gasteiger partial charge in [0.2, 0.25) is 0 Å². The predicted octanol–water partition coefficient (Wildman–Crippen LogP) is 4.03. The fourth-order valence-electron chi connectivity index (χ4n) is 1.95. The van der Waals surface area contributed by atoms with Crippen molar-refractivity contribution >= 4 is 17.3 Å². The van der Waals surface area contributed by atoms with Gasteiger partial charge in [-0.05, 0) is 23.5 Å². The summed E-state index contributed by atoms with van der Waals surface area (Å²) in [5.41, 5.74) is 3.20. The number of benzene rings is 1. The molecule has 21 heavy (non-hydrogen) atoms. The standard InChI is InChI=1S/C17H21NO2S/c1-12-18-15(11-21-12)9-16(19)20-10-13-5-7-14(8-6-13)17(2,3)4/h5-8,11H,9-10H2,1-4H3. The maximum absolute atomic E-state index is 11.8.